The van der Waals surface area contributed by atoms with E-state index in [-0.39, 0.29) is 5.82 Å². The van der Waals surface area contributed by atoms with E-state index in [0.717, 1.165) is 0 Å². The van der Waals surface area contributed by atoms with Gasteiger partial charge in [0.1, 0.15) is 5.75 Å². The highest BCUT2D eigenvalue weighted by molar-refractivity contribution is 7.99. The Bertz CT molecular complexity index is 277. The van der Waals surface area contributed by atoms with Crippen LogP contribution in [0.4, 0.5) is 4.39 Å². The number of benzene rings is 1. The lowest BCUT2D eigenvalue weighted by Gasteiger charge is -2.07. The molecule has 0 aliphatic carbocycles. The highest BCUT2D eigenvalue weighted by atomic mass is 32.2. The van der Waals surface area contributed by atoms with Crippen LogP contribution in [0.15, 0.2) is 21.9 Å². The zero-order valence-electron chi connectivity index (χ0n) is 7.76. The van der Waals surface area contributed by atoms with Gasteiger partial charge in [-0.05, 0) is 24.6 Å². The van der Waals surface area contributed by atoms with Crippen molar-refractivity contribution in [2.45, 2.75) is 9.79 Å². The lowest BCUT2D eigenvalue weighted by atomic mass is 10.3. The van der Waals surface area contributed by atoms with Crippen molar-refractivity contribution in [1.82, 2.24) is 0 Å². The van der Waals surface area contributed by atoms with Crippen LogP contribution in [-0.4, -0.2) is 19.6 Å². The molecule has 0 fully saturated rings. The maximum Gasteiger partial charge on any atom is 0.150 e. The third-order valence-electron chi connectivity index (χ3n) is 1.65. The Morgan fingerprint density at radius 2 is 1.62 bits per heavy atom. The molecule has 1 aromatic rings. The van der Waals surface area contributed by atoms with E-state index in [4.69, 9.17) is 4.74 Å². The Balaban J connectivity index is 3.20. The van der Waals surface area contributed by atoms with Crippen LogP contribution in [0.3, 0.4) is 0 Å². The van der Waals surface area contributed by atoms with E-state index in [1.807, 2.05) is 12.5 Å². The van der Waals surface area contributed by atoms with Crippen molar-refractivity contribution in [3.8, 4) is 5.75 Å². The fraction of sp³-hybridized carbons (Fsp3) is 0.333. The number of ether oxygens (including phenoxy) is 1. The Kier molecular flexibility index (Phi) is 3.93. The number of rotatable bonds is 3. The number of thioether (sulfide) groups is 2. The normalized spacial score (nSPS) is 10.2. The molecule has 0 heterocycles. The molecule has 0 saturated heterocycles. The molecule has 0 aromatic heterocycles. The minimum absolute atomic E-state index is 0.152. The number of hydrogen-bond acceptors (Lipinski definition) is 3. The molecular weight excluding hydrogens is 207 g/mol. The fourth-order valence-corrected chi connectivity index (χ4v) is 2.07. The van der Waals surface area contributed by atoms with Crippen LogP contribution in [-0.2, 0) is 0 Å². The van der Waals surface area contributed by atoms with Gasteiger partial charge in [0.05, 0.1) is 7.11 Å². The van der Waals surface area contributed by atoms with Gasteiger partial charge in [-0.2, -0.15) is 0 Å². The monoisotopic (exact) mass is 218 g/mol. The van der Waals surface area contributed by atoms with Gasteiger partial charge in [-0.25, -0.2) is 4.39 Å². The minimum Gasteiger partial charge on any atom is -0.497 e. The largest absolute Gasteiger partial charge is 0.497 e. The van der Waals surface area contributed by atoms with Gasteiger partial charge < -0.3 is 4.74 Å². The van der Waals surface area contributed by atoms with E-state index < -0.39 is 0 Å². The first kappa shape index (κ1) is 10.7. The third kappa shape index (κ3) is 2.31. The van der Waals surface area contributed by atoms with Gasteiger partial charge in [0.2, 0.25) is 0 Å². The van der Waals surface area contributed by atoms with Gasteiger partial charge in [-0.15, -0.1) is 23.5 Å². The first-order chi connectivity index (χ1) is 6.22. The molecular formula is C9H11FOS2. The minimum atomic E-state index is -0.152. The molecule has 0 aliphatic heterocycles. The standard InChI is InChI=1S/C9H11FOS2/c1-11-6-4-7(12-2)9(10)8(5-6)13-3/h4-5H,1-3H3. The van der Waals surface area contributed by atoms with Crippen LogP contribution in [0.2, 0.25) is 0 Å². The lowest BCUT2D eigenvalue weighted by molar-refractivity contribution is 0.409. The highest BCUT2D eigenvalue weighted by Crippen LogP contribution is 2.32. The molecule has 0 spiro atoms. The molecule has 1 nitrogen and oxygen atoms in total. The first-order valence-corrected chi connectivity index (χ1v) is 6.13. The van der Waals surface area contributed by atoms with Gasteiger partial charge >= 0.3 is 0 Å². The molecule has 0 radical (unpaired) electrons. The summed E-state index contributed by atoms with van der Waals surface area (Å²) in [5.41, 5.74) is 0. The second-order valence-corrected chi connectivity index (χ2v) is 4.04. The van der Waals surface area contributed by atoms with E-state index in [9.17, 15) is 4.39 Å². The van der Waals surface area contributed by atoms with Crippen LogP contribution in [0.5, 0.6) is 5.75 Å². The van der Waals surface area contributed by atoms with Crippen molar-refractivity contribution in [2.24, 2.45) is 0 Å². The zero-order chi connectivity index (χ0) is 9.84. The molecule has 0 atom stereocenters. The Hall–Kier alpha value is -0.350. The molecule has 4 heteroatoms. The van der Waals surface area contributed by atoms with Crippen molar-refractivity contribution in [2.75, 3.05) is 19.6 Å². The highest BCUT2D eigenvalue weighted by Gasteiger charge is 2.09. The summed E-state index contributed by atoms with van der Waals surface area (Å²) in [5.74, 6) is 0.552. The maximum absolute atomic E-state index is 13.5. The topological polar surface area (TPSA) is 9.23 Å². The van der Waals surface area contributed by atoms with Gasteiger partial charge in [-0.1, -0.05) is 0 Å². The molecule has 0 saturated carbocycles. The quantitative estimate of drug-likeness (QED) is 0.721. The van der Waals surface area contributed by atoms with Crippen LogP contribution >= 0.6 is 23.5 Å². The summed E-state index contributed by atoms with van der Waals surface area (Å²) < 4.78 is 18.6. The first-order valence-electron chi connectivity index (χ1n) is 3.68. The third-order valence-corrected chi connectivity index (χ3v) is 3.13. The predicted molar refractivity (Wildman–Crippen MR) is 56.5 cm³/mol. The van der Waals surface area contributed by atoms with Crippen molar-refractivity contribution in [3.05, 3.63) is 17.9 Å². The molecule has 0 unspecified atom stereocenters. The van der Waals surface area contributed by atoms with E-state index >= 15 is 0 Å². The summed E-state index contributed by atoms with van der Waals surface area (Å²) in [6.07, 6.45) is 3.70. The van der Waals surface area contributed by atoms with Gasteiger partial charge in [0.25, 0.3) is 0 Å². The molecule has 0 N–H and O–H groups in total. The van der Waals surface area contributed by atoms with Gasteiger partial charge in [0, 0.05) is 9.79 Å². The molecule has 0 bridgehead atoms. The summed E-state index contributed by atoms with van der Waals surface area (Å²) >= 11 is 2.77. The molecule has 1 rings (SSSR count). The smallest absolute Gasteiger partial charge is 0.150 e. The Morgan fingerprint density at radius 1 is 1.15 bits per heavy atom. The van der Waals surface area contributed by atoms with Crippen LogP contribution in [0, 0.1) is 5.82 Å². The molecule has 72 valence electrons. The van der Waals surface area contributed by atoms with Crippen LogP contribution < -0.4 is 4.74 Å². The van der Waals surface area contributed by atoms with Gasteiger partial charge in [0.15, 0.2) is 5.82 Å². The zero-order valence-corrected chi connectivity index (χ0v) is 9.39. The summed E-state index contributed by atoms with van der Waals surface area (Å²) in [7, 11) is 1.58. The SMILES string of the molecule is COc1cc(SC)c(F)c(SC)c1. The average molecular weight is 218 g/mol. The molecule has 0 amide bonds. The van der Waals surface area contributed by atoms with Crippen LogP contribution in [0.25, 0.3) is 0 Å². The van der Waals surface area contributed by atoms with Crippen LogP contribution in [0.1, 0.15) is 0 Å². The Morgan fingerprint density at radius 3 is 1.92 bits per heavy atom. The van der Waals surface area contributed by atoms with E-state index in [1.54, 1.807) is 19.2 Å². The van der Waals surface area contributed by atoms with Crippen molar-refractivity contribution in [3.63, 3.8) is 0 Å². The summed E-state index contributed by atoms with van der Waals surface area (Å²) in [6, 6.07) is 3.42. The second kappa shape index (κ2) is 4.77. The van der Waals surface area contributed by atoms with Crippen molar-refractivity contribution >= 4 is 23.5 Å². The number of hydrogen-bond donors (Lipinski definition) is 0. The molecule has 13 heavy (non-hydrogen) atoms. The molecule has 1 aromatic carbocycles. The number of methoxy groups -OCH3 is 1. The van der Waals surface area contributed by atoms with E-state index in [1.165, 1.54) is 23.5 Å². The van der Waals surface area contributed by atoms with E-state index in [2.05, 4.69) is 0 Å². The maximum atomic E-state index is 13.5. The Labute approximate surface area is 86.1 Å². The van der Waals surface area contributed by atoms with E-state index in [0.29, 0.717) is 15.5 Å². The second-order valence-electron chi connectivity index (χ2n) is 2.35. The predicted octanol–water partition coefficient (Wildman–Crippen LogP) is 3.28. The molecule has 0 aliphatic rings. The van der Waals surface area contributed by atoms with Crippen molar-refractivity contribution in [1.29, 1.82) is 0 Å². The summed E-state index contributed by atoms with van der Waals surface area (Å²) in [5, 5.41) is 0. The summed E-state index contributed by atoms with van der Waals surface area (Å²) in [6.45, 7) is 0. The number of halogens is 1. The van der Waals surface area contributed by atoms with Crippen molar-refractivity contribution < 1.29 is 9.13 Å². The lowest BCUT2D eigenvalue weighted by Crippen LogP contribution is -1.89. The average Bonchev–Trinajstić information content (AvgIpc) is 2.18. The summed E-state index contributed by atoms with van der Waals surface area (Å²) in [4.78, 5) is 1.26. The fourth-order valence-electron chi connectivity index (χ4n) is 0.963. The van der Waals surface area contributed by atoms with Gasteiger partial charge in [-0.3, -0.25) is 0 Å².